The summed E-state index contributed by atoms with van der Waals surface area (Å²) in [6.45, 7) is 9.81. The first kappa shape index (κ1) is 15.2. The van der Waals surface area contributed by atoms with Gasteiger partial charge in [-0.1, -0.05) is 0 Å². The molecule has 1 aromatic rings. The molecule has 6 nitrogen and oxygen atoms in total. The molecule has 0 aliphatic carbocycles. The van der Waals surface area contributed by atoms with Crippen LogP contribution in [0.4, 0.5) is 5.82 Å². The van der Waals surface area contributed by atoms with E-state index >= 15 is 0 Å². The predicted molar refractivity (Wildman–Crippen MR) is 74.4 cm³/mol. The number of rotatable bonds is 7. The zero-order valence-electron chi connectivity index (χ0n) is 12.1. The summed E-state index contributed by atoms with van der Waals surface area (Å²) < 4.78 is 5.34. The molecule has 0 aliphatic heterocycles. The third-order valence-corrected chi connectivity index (χ3v) is 2.64. The summed E-state index contributed by atoms with van der Waals surface area (Å²) in [7, 11) is 0. The quantitative estimate of drug-likeness (QED) is 0.809. The van der Waals surface area contributed by atoms with Crippen molar-refractivity contribution >= 4 is 11.7 Å². The molecule has 0 spiro atoms. The van der Waals surface area contributed by atoms with Crippen molar-refractivity contribution in [3.63, 3.8) is 0 Å². The van der Waals surface area contributed by atoms with Crippen molar-refractivity contribution < 1.29 is 9.53 Å². The van der Waals surface area contributed by atoms with Crippen molar-refractivity contribution in [1.29, 1.82) is 0 Å². The van der Waals surface area contributed by atoms with Gasteiger partial charge in [-0.25, -0.2) is 4.98 Å². The molecule has 0 radical (unpaired) electrons. The molecule has 1 rings (SSSR count). The molecular weight excluding hydrogens is 244 g/mol. The van der Waals surface area contributed by atoms with Gasteiger partial charge in [-0.05, 0) is 27.7 Å². The number of carbonyl (C=O) groups is 1. The van der Waals surface area contributed by atoms with Gasteiger partial charge in [0.15, 0.2) is 0 Å². The number of nitrogens with one attached hydrogen (secondary N) is 1. The van der Waals surface area contributed by atoms with Crippen LogP contribution in [0.1, 0.15) is 26.6 Å². The predicted octanol–water partition coefficient (Wildman–Crippen LogP) is 1.46. The van der Waals surface area contributed by atoms with Crippen LogP contribution >= 0.6 is 0 Å². The molecule has 1 aromatic heterocycles. The van der Waals surface area contributed by atoms with Crippen molar-refractivity contribution in [2.45, 2.75) is 27.7 Å². The monoisotopic (exact) mass is 266 g/mol. The van der Waals surface area contributed by atoms with Crippen molar-refractivity contribution in [3.05, 3.63) is 11.9 Å². The van der Waals surface area contributed by atoms with Crippen LogP contribution in [0, 0.1) is 6.92 Å². The van der Waals surface area contributed by atoms with Crippen LogP contribution in [0.3, 0.4) is 0 Å². The fourth-order valence-electron chi connectivity index (χ4n) is 1.71. The Balaban J connectivity index is 2.64. The Hall–Kier alpha value is -1.85. The lowest BCUT2D eigenvalue weighted by Gasteiger charge is -2.19. The molecule has 0 bridgehead atoms. The van der Waals surface area contributed by atoms with Crippen LogP contribution in [0.5, 0.6) is 5.88 Å². The average molecular weight is 266 g/mol. The zero-order chi connectivity index (χ0) is 14.3. The van der Waals surface area contributed by atoms with E-state index in [2.05, 4.69) is 15.3 Å². The number of hydrogen-bond acceptors (Lipinski definition) is 5. The van der Waals surface area contributed by atoms with E-state index < -0.39 is 0 Å². The molecule has 0 aliphatic rings. The number of ether oxygens (including phenoxy) is 1. The summed E-state index contributed by atoms with van der Waals surface area (Å²) in [5.41, 5.74) is 0. The van der Waals surface area contributed by atoms with Gasteiger partial charge in [0.05, 0.1) is 13.2 Å². The summed E-state index contributed by atoms with van der Waals surface area (Å²) in [5, 5.41) is 3.01. The fourth-order valence-corrected chi connectivity index (χ4v) is 1.71. The maximum Gasteiger partial charge on any atom is 0.241 e. The molecule has 0 saturated heterocycles. The second-order valence-corrected chi connectivity index (χ2v) is 3.99. The Morgan fingerprint density at radius 3 is 2.58 bits per heavy atom. The van der Waals surface area contributed by atoms with Crippen LogP contribution in [0.25, 0.3) is 0 Å². The summed E-state index contributed by atoms with van der Waals surface area (Å²) in [6.07, 6.45) is 0. The number of aryl methyl sites for hydroxylation is 1. The van der Waals surface area contributed by atoms with E-state index in [9.17, 15) is 4.79 Å². The minimum Gasteiger partial charge on any atom is -0.478 e. The van der Waals surface area contributed by atoms with Crippen LogP contribution in [0.15, 0.2) is 6.07 Å². The van der Waals surface area contributed by atoms with E-state index in [-0.39, 0.29) is 12.5 Å². The van der Waals surface area contributed by atoms with Gasteiger partial charge in [0, 0.05) is 19.2 Å². The maximum absolute atomic E-state index is 11.9. The van der Waals surface area contributed by atoms with Crippen molar-refractivity contribution in [2.24, 2.45) is 0 Å². The number of hydrogen-bond donors (Lipinski definition) is 1. The first-order valence-electron chi connectivity index (χ1n) is 6.60. The van der Waals surface area contributed by atoms with E-state index in [0.717, 1.165) is 0 Å². The molecule has 19 heavy (non-hydrogen) atoms. The Kier molecular flexibility index (Phi) is 6.05. The largest absolute Gasteiger partial charge is 0.478 e. The third-order valence-electron chi connectivity index (χ3n) is 2.64. The Labute approximate surface area is 114 Å². The molecule has 1 amide bonds. The van der Waals surface area contributed by atoms with Crippen LogP contribution < -0.4 is 10.1 Å². The lowest BCUT2D eigenvalue weighted by Crippen LogP contribution is -2.35. The minimum absolute atomic E-state index is 0.0548. The molecule has 1 heterocycles. The van der Waals surface area contributed by atoms with Crippen LogP contribution in [0.2, 0.25) is 0 Å². The molecule has 6 heteroatoms. The molecule has 106 valence electrons. The number of aromatic nitrogens is 2. The second-order valence-electron chi connectivity index (χ2n) is 3.99. The number of likely N-dealkylation sites (N-methyl/N-ethyl adjacent to an activating group) is 1. The fraction of sp³-hybridized carbons (Fsp3) is 0.615. The van der Waals surface area contributed by atoms with Gasteiger partial charge < -0.3 is 15.0 Å². The highest BCUT2D eigenvalue weighted by atomic mass is 16.5. The van der Waals surface area contributed by atoms with Crippen molar-refractivity contribution in [1.82, 2.24) is 14.9 Å². The number of anilines is 1. The summed E-state index contributed by atoms with van der Waals surface area (Å²) in [4.78, 5) is 22.0. The minimum atomic E-state index is 0.0548. The Bertz CT molecular complexity index is 419. The molecule has 0 fully saturated rings. The number of nitrogens with zero attached hydrogens (tertiary/aromatic N) is 3. The zero-order valence-corrected chi connectivity index (χ0v) is 12.1. The molecule has 0 saturated carbocycles. The highest BCUT2D eigenvalue weighted by Crippen LogP contribution is 2.13. The average Bonchev–Trinajstić information content (AvgIpc) is 2.37. The first-order chi connectivity index (χ1) is 9.10. The van der Waals surface area contributed by atoms with E-state index in [0.29, 0.717) is 37.2 Å². The standard InChI is InChI=1S/C13H22N4O2/c1-5-17(6-2)13(18)9-14-11-8-12(19-7-3)16-10(4)15-11/h8H,5-7,9H2,1-4H3,(H,14,15,16). The number of amides is 1. The van der Waals surface area contributed by atoms with Gasteiger partial charge in [-0.15, -0.1) is 0 Å². The maximum atomic E-state index is 11.9. The topological polar surface area (TPSA) is 67.3 Å². The van der Waals surface area contributed by atoms with E-state index in [1.807, 2.05) is 20.8 Å². The third kappa shape index (κ3) is 4.73. The van der Waals surface area contributed by atoms with Gasteiger partial charge in [0.1, 0.15) is 11.6 Å². The van der Waals surface area contributed by atoms with E-state index in [1.54, 1.807) is 17.9 Å². The Morgan fingerprint density at radius 2 is 2.00 bits per heavy atom. The Morgan fingerprint density at radius 1 is 1.32 bits per heavy atom. The second kappa shape index (κ2) is 7.56. The molecule has 0 aromatic carbocycles. The van der Waals surface area contributed by atoms with Gasteiger partial charge in [-0.2, -0.15) is 4.98 Å². The number of carbonyl (C=O) groups excluding carboxylic acids is 1. The highest BCUT2D eigenvalue weighted by Gasteiger charge is 2.10. The summed E-state index contributed by atoms with van der Waals surface area (Å²) in [6, 6.07) is 1.70. The lowest BCUT2D eigenvalue weighted by atomic mass is 10.4. The smallest absolute Gasteiger partial charge is 0.241 e. The molecule has 0 unspecified atom stereocenters. The van der Waals surface area contributed by atoms with Gasteiger partial charge in [-0.3, -0.25) is 4.79 Å². The van der Waals surface area contributed by atoms with E-state index in [1.165, 1.54) is 0 Å². The van der Waals surface area contributed by atoms with Gasteiger partial charge in [0.2, 0.25) is 11.8 Å². The summed E-state index contributed by atoms with van der Waals surface area (Å²) in [5.74, 6) is 1.80. The van der Waals surface area contributed by atoms with Crippen LogP contribution in [-0.4, -0.2) is 47.0 Å². The molecular formula is C13H22N4O2. The van der Waals surface area contributed by atoms with Gasteiger partial charge >= 0.3 is 0 Å². The normalized spacial score (nSPS) is 10.1. The van der Waals surface area contributed by atoms with Gasteiger partial charge in [0.25, 0.3) is 0 Å². The SMILES string of the molecule is CCOc1cc(NCC(=O)N(CC)CC)nc(C)n1. The molecule has 1 N–H and O–H groups in total. The lowest BCUT2D eigenvalue weighted by molar-refractivity contribution is -0.128. The summed E-state index contributed by atoms with van der Waals surface area (Å²) >= 11 is 0. The van der Waals surface area contributed by atoms with Crippen molar-refractivity contribution in [2.75, 3.05) is 31.6 Å². The highest BCUT2D eigenvalue weighted by molar-refractivity contribution is 5.80. The van der Waals surface area contributed by atoms with Crippen molar-refractivity contribution in [3.8, 4) is 5.88 Å². The molecule has 0 atom stereocenters. The van der Waals surface area contributed by atoms with E-state index in [4.69, 9.17) is 4.74 Å². The first-order valence-corrected chi connectivity index (χ1v) is 6.60. The van der Waals surface area contributed by atoms with Crippen LogP contribution in [-0.2, 0) is 4.79 Å².